The van der Waals surface area contributed by atoms with Crippen molar-refractivity contribution in [3.8, 4) is 0 Å². The van der Waals surface area contributed by atoms with Crippen molar-refractivity contribution >= 4 is 5.69 Å². The predicted octanol–water partition coefficient (Wildman–Crippen LogP) is 2.80. The lowest BCUT2D eigenvalue weighted by Gasteiger charge is -2.27. The van der Waals surface area contributed by atoms with E-state index in [9.17, 15) is 4.39 Å². The van der Waals surface area contributed by atoms with Gasteiger partial charge < -0.3 is 15.4 Å². The third-order valence-corrected chi connectivity index (χ3v) is 2.72. The van der Waals surface area contributed by atoms with Gasteiger partial charge in [-0.3, -0.25) is 0 Å². The first kappa shape index (κ1) is 15.9. The summed E-state index contributed by atoms with van der Waals surface area (Å²) in [6.45, 7) is 9.04. The molecule has 19 heavy (non-hydrogen) atoms. The van der Waals surface area contributed by atoms with Crippen LogP contribution in [0.1, 0.15) is 27.2 Å². The molecule has 4 heteroatoms. The molecule has 2 N–H and O–H groups in total. The minimum absolute atomic E-state index is 0.137. The fourth-order valence-electron chi connectivity index (χ4n) is 1.77. The van der Waals surface area contributed by atoms with E-state index in [-0.39, 0.29) is 11.4 Å². The second kappa shape index (κ2) is 7.46. The molecule has 0 bridgehead atoms. The van der Waals surface area contributed by atoms with Gasteiger partial charge in [0.15, 0.2) is 0 Å². The van der Waals surface area contributed by atoms with Gasteiger partial charge in [-0.1, -0.05) is 0 Å². The van der Waals surface area contributed by atoms with E-state index in [0.29, 0.717) is 13.2 Å². The maximum absolute atomic E-state index is 12.9. The standard InChI is InChI=1S/C15H25FN2O/c1-15(2,3)19-12-11-18(10-4-9-17)14-7-5-13(16)6-8-14/h5-8H,4,9-12,17H2,1-3H3. The molecular formula is C15H25FN2O. The molecule has 0 heterocycles. The van der Waals surface area contributed by atoms with Crippen LogP contribution in [0.25, 0.3) is 0 Å². The molecule has 1 aromatic carbocycles. The van der Waals surface area contributed by atoms with E-state index >= 15 is 0 Å². The van der Waals surface area contributed by atoms with Crippen molar-refractivity contribution in [3.63, 3.8) is 0 Å². The lowest BCUT2D eigenvalue weighted by molar-refractivity contribution is 0.00135. The zero-order valence-electron chi connectivity index (χ0n) is 12.2. The zero-order chi connectivity index (χ0) is 14.3. The van der Waals surface area contributed by atoms with E-state index in [1.54, 1.807) is 12.1 Å². The second-order valence-electron chi connectivity index (χ2n) is 5.57. The van der Waals surface area contributed by atoms with Crippen LogP contribution >= 0.6 is 0 Å². The van der Waals surface area contributed by atoms with Crippen LogP contribution < -0.4 is 10.6 Å². The third-order valence-electron chi connectivity index (χ3n) is 2.72. The Kier molecular flexibility index (Phi) is 6.25. The van der Waals surface area contributed by atoms with E-state index in [1.165, 1.54) is 12.1 Å². The quantitative estimate of drug-likeness (QED) is 0.826. The molecule has 0 spiro atoms. The van der Waals surface area contributed by atoms with Crippen molar-refractivity contribution in [2.24, 2.45) is 5.73 Å². The van der Waals surface area contributed by atoms with Crippen molar-refractivity contribution in [2.45, 2.75) is 32.8 Å². The molecule has 0 unspecified atom stereocenters. The highest BCUT2D eigenvalue weighted by Gasteiger charge is 2.12. The molecule has 0 fully saturated rings. The van der Waals surface area contributed by atoms with Crippen LogP contribution in [0.2, 0.25) is 0 Å². The molecule has 108 valence electrons. The summed E-state index contributed by atoms with van der Waals surface area (Å²) in [6, 6.07) is 6.55. The average molecular weight is 268 g/mol. The van der Waals surface area contributed by atoms with Gasteiger partial charge in [0.1, 0.15) is 5.82 Å². The van der Waals surface area contributed by atoms with Gasteiger partial charge in [0.25, 0.3) is 0 Å². The summed E-state index contributed by atoms with van der Waals surface area (Å²) < 4.78 is 18.7. The van der Waals surface area contributed by atoms with Gasteiger partial charge in [0, 0.05) is 18.8 Å². The summed E-state index contributed by atoms with van der Waals surface area (Å²) in [5.41, 5.74) is 6.43. The highest BCUT2D eigenvalue weighted by molar-refractivity contribution is 5.46. The lowest BCUT2D eigenvalue weighted by Crippen LogP contribution is -2.32. The van der Waals surface area contributed by atoms with Gasteiger partial charge in [0.05, 0.1) is 12.2 Å². The predicted molar refractivity (Wildman–Crippen MR) is 78.0 cm³/mol. The lowest BCUT2D eigenvalue weighted by atomic mass is 10.2. The third kappa shape index (κ3) is 6.55. The van der Waals surface area contributed by atoms with Crippen molar-refractivity contribution < 1.29 is 9.13 Å². The van der Waals surface area contributed by atoms with Crippen molar-refractivity contribution in [1.82, 2.24) is 0 Å². The summed E-state index contributed by atoms with van der Waals surface area (Å²) in [6.07, 6.45) is 0.910. The van der Waals surface area contributed by atoms with Crippen molar-refractivity contribution in [1.29, 1.82) is 0 Å². The molecule has 0 radical (unpaired) electrons. The topological polar surface area (TPSA) is 38.5 Å². The molecule has 0 saturated carbocycles. The fourth-order valence-corrected chi connectivity index (χ4v) is 1.77. The van der Waals surface area contributed by atoms with Crippen LogP contribution in [0.3, 0.4) is 0 Å². The fraction of sp³-hybridized carbons (Fsp3) is 0.600. The first-order valence-electron chi connectivity index (χ1n) is 6.77. The number of halogens is 1. The maximum Gasteiger partial charge on any atom is 0.123 e. The summed E-state index contributed by atoms with van der Waals surface area (Å²) in [5.74, 6) is -0.214. The first-order valence-corrected chi connectivity index (χ1v) is 6.77. The van der Waals surface area contributed by atoms with Gasteiger partial charge in [-0.05, 0) is 58.0 Å². The van der Waals surface area contributed by atoms with Crippen molar-refractivity contribution in [2.75, 3.05) is 31.1 Å². The molecule has 0 aliphatic carbocycles. The summed E-state index contributed by atoms with van der Waals surface area (Å²) in [7, 11) is 0. The van der Waals surface area contributed by atoms with Gasteiger partial charge in [0.2, 0.25) is 0 Å². The van der Waals surface area contributed by atoms with Gasteiger partial charge in [-0.25, -0.2) is 4.39 Å². The van der Waals surface area contributed by atoms with Crippen molar-refractivity contribution in [3.05, 3.63) is 30.1 Å². The van der Waals surface area contributed by atoms with E-state index in [4.69, 9.17) is 10.5 Å². The Morgan fingerprint density at radius 1 is 1.16 bits per heavy atom. The van der Waals surface area contributed by atoms with Crippen LogP contribution in [-0.4, -0.2) is 31.8 Å². The Balaban J connectivity index is 2.58. The molecule has 3 nitrogen and oxygen atoms in total. The van der Waals surface area contributed by atoms with E-state index in [2.05, 4.69) is 4.90 Å². The summed E-state index contributed by atoms with van der Waals surface area (Å²) in [5, 5.41) is 0. The Morgan fingerprint density at radius 3 is 2.32 bits per heavy atom. The molecule has 1 rings (SSSR count). The highest BCUT2D eigenvalue weighted by Crippen LogP contribution is 2.15. The highest BCUT2D eigenvalue weighted by atomic mass is 19.1. The van der Waals surface area contributed by atoms with E-state index in [1.807, 2.05) is 20.8 Å². The Morgan fingerprint density at radius 2 is 1.79 bits per heavy atom. The SMILES string of the molecule is CC(C)(C)OCCN(CCCN)c1ccc(F)cc1. The smallest absolute Gasteiger partial charge is 0.123 e. The minimum atomic E-state index is -0.214. The Hall–Kier alpha value is -1.13. The Bertz CT molecular complexity index is 359. The van der Waals surface area contributed by atoms with Crippen LogP contribution in [-0.2, 0) is 4.74 Å². The molecule has 0 aliphatic heterocycles. The number of ether oxygens (including phenoxy) is 1. The molecule has 0 aliphatic rings. The minimum Gasteiger partial charge on any atom is -0.374 e. The number of hydrogen-bond acceptors (Lipinski definition) is 3. The normalized spacial score (nSPS) is 11.6. The monoisotopic (exact) mass is 268 g/mol. The van der Waals surface area contributed by atoms with Crippen LogP contribution in [0.4, 0.5) is 10.1 Å². The summed E-state index contributed by atoms with van der Waals surface area (Å²) >= 11 is 0. The molecule has 0 amide bonds. The van der Waals surface area contributed by atoms with Crippen LogP contribution in [0.15, 0.2) is 24.3 Å². The zero-order valence-corrected chi connectivity index (χ0v) is 12.2. The van der Waals surface area contributed by atoms with E-state index in [0.717, 1.165) is 25.2 Å². The number of hydrogen-bond donors (Lipinski definition) is 1. The summed E-state index contributed by atoms with van der Waals surface area (Å²) in [4.78, 5) is 2.18. The Labute approximate surface area is 115 Å². The van der Waals surface area contributed by atoms with Crippen LogP contribution in [0, 0.1) is 5.82 Å². The largest absolute Gasteiger partial charge is 0.374 e. The number of anilines is 1. The average Bonchev–Trinajstić information content (AvgIpc) is 2.33. The number of nitrogens with two attached hydrogens (primary N) is 1. The van der Waals surface area contributed by atoms with Gasteiger partial charge in [-0.2, -0.15) is 0 Å². The number of nitrogens with zero attached hydrogens (tertiary/aromatic N) is 1. The maximum atomic E-state index is 12.9. The molecule has 0 saturated heterocycles. The molecule has 0 atom stereocenters. The first-order chi connectivity index (χ1) is 8.92. The second-order valence-corrected chi connectivity index (χ2v) is 5.57. The molecule has 0 aromatic heterocycles. The van der Waals surface area contributed by atoms with Crippen LogP contribution in [0.5, 0.6) is 0 Å². The number of rotatable bonds is 7. The molecule has 1 aromatic rings. The number of benzene rings is 1. The van der Waals surface area contributed by atoms with Gasteiger partial charge in [-0.15, -0.1) is 0 Å². The molecular weight excluding hydrogens is 243 g/mol. The van der Waals surface area contributed by atoms with Gasteiger partial charge >= 0.3 is 0 Å². The van der Waals surface area contributed by atoms with E-state index < -0.39 is 0 Å².